The fraction of sp³-hybridized carbons (Fsp3) is 0. The van der Waals surface area contributed by atoms with Crippen molar-refractivity contribution in [2.75, 3.05) is 17.2 Å². The smallest absolute Gasteiger partial charge is 0.378 e. The summed E-state index contributed by atoms with van der Waals surface area (Å²) >= 11 is 0. The minimum Gasteiger partial charge on any atom is -0.399 e. The summed E-state index contributed by atoms with van der Waals surface area (Å²) < 4.78 is 12.9. The van der Waals surface area contributed by atoms with Gasteiger partial charge in [-0.2, -0.15) is 0 Å². The third-order valence-electron chi connectivity index (χ3n) is 4.02. The SMILES string of the molecule is Nc1ccc(S(c2ccc(N)cc2)(c2ccc(N)cc2)P(=O)(O)O)cc1. The quantitative estimate of drug-likeness (QED) is 0.340. The van der Waals surface area contributed by atoms with Crippen LogP contribution in [0.4, 0.5) is 17.1 Å². The van der Waals surface area contributed by atoms with Gasteiger partial charge in [0.05, 0.1) is 0 Å². The lowest BCUT2D eigenvalue weighted by Gasteiger charge is -2.41. The molecule has 0 heterocycles. The van der Waals surface area contributed by atoms with Crippen LogP contribution in [-0.4, -0.2) is 9.79 Å². The molecule has 0 bridgehead atoms. The molecule has 26 heavy (non-hydrogen) atoms. The molecule has 136 valence electrons. The average molecular weight is 389 g/mol. The number of hydrogen-bond donors (Lipinski definition) is 5. The van der Waals surface area contributed by atoms with Crippen LogP contribution in [0.5, 0.6) is 0 Å². The van der Waals surface area contributed by atoms with Gasteiger partial charge in [0.25, 0.3) is 0 Å². The van der Waals surface area contributed by atoms with Crippen molar-refractivity contribution in [1.29, 1.82) is 0 Å². The standard InChI is InChI=1S/C18H20N3O3PS/c19-13-1-7-16(8-2-13)26(25(22,23)24,17-9-3-14(20)4-10-17)18-11-5-15(21)6-12-18/h1-12H,19-21H2,(H2,22,23,24). The van der Waals surface area contributed by atoms with E-state index in [0.29, 0.717) is 31.7 Å². The lowest BCUT2D eigenvalue weighted by Crippen LogP contribution is -2.05. The highest BCUT2D eigenvalue weighted by molar-refractivity contribution is 8.76. The van der Waals surface area contributed by atoms with Crippen LogP contribution >= 0.6 is 16.4 Å². The Balaban J connectivity index is 2.42. The number of nitrogens with two attached hydrogens (primary N) is 3. The molecule has 0 saturated heterocycles. The number of rotatable bonds is 4. The first kappa shape index (κ1) is 18.4. The molecule has 0 saturated carbocycles. The van der Waals surface area contributed by atoms with Gasteiger partial charge in [-0.1, -0.05) is 9.65 Å². The molecule has 8 heteroatoms. The number of hydrogen-bond acceptors (Lipinski definition) is 4. The maximum absolute atomic E-state index is 12.9. The Kier molecular flexibility index (Phi) is 4.73. The second-order valence-electron chi connectivity index (χ2n) is 5.78. The van der Waals surface area contributed by atoms with Crippen molar-refractivity contribution in [3.8, 4) is 0 Å². The van der Waals surface area contributed by atoms with Crippen LogP contribution in [0, 0.1) is 0 Å². The van der Waals surface area contributed by atoms with Gasteiger partial charge in [-0.25, -0.2) is 4.57 Å². The molecule has 6 nitrogen and oxygen atoms in total. The van der Waals surface area contributed by atoms with E-state index < -0.39 is 16.4 Å². The van der Waals surface area contributed by atoms with Crippen LogP contribution in [0.25, 0.3) is 0 Å². The Bertz CT molecular complexity index is 844. The first-order chi connectivity index (χ1) is 12.2. The lowest BCUT2D eigenvalue weighted by molar-refractivity contribution is 0.395. The molecule has 0 aliphatic carbocycles. The van der Waals surface area contributed by atoms with Crippen LogP contribution in [0.2, 0.25) is 0 Å². The molecule has 0 atom stereocenters. The molecule has 3 rings (SSSR count). The van der Waals surface area contributed by atoms with Gasteiger partial charge in [-0.3, -0.25) is 0 Å². The van der Waals surface area contributed by atoms with Gasteiger partial charge in [-0.05, 0) is 72.8 Å². The predicted molar refractivity (Wildman–Crippen MR) is 107 cm³/mol. The van der Waals surface area contributed by atoms with Gasteiger partial charge >= 0.3 is 6.80 Å². The van der Waals surface area contributed by atoms with Gasteiger partial charge < -0.3 is 27.0 Å². The molecule has 0 aliphatic rings. The lowest BCUT2D eigenvalue weighted by atomic mass is 10.3. The molecule has 0 spiro atoms. The zero-order chi connectivity index (χ0) is 18.9. The number of nitrogen functional groups attached to an aromatic ring is 3. The fourth-order valence-corrected chi connectivity index (χ4v) is 9.61. The third-order valence-corrected chi connectivity index (χ3v) is 11.6. The minimum atomic E-state index is -4.66. The largest absolute Gasteiger partial charge is 0.399 e. The topological polar surface area (TPSA) is 136 Å². The molecular formula is C18H20N3O3PS. The molecule has 3 aromatic rings. The van der Waals surface area contributed by atoms with E-state index in [1.165, 1.54) is 0 Å². The maximum atomic E-state index is 12.9. The van der Waals surface area contributed by atoms with Crippen LogP contribution in [0.1, 0.15) is 0 Å². The Labute approximate surface area is 152 Å². The van der Waals surface area contributed by atoms with Crippen LogP contribution in [0.15, 0.2) is 87.5 Å². The summed E-state index contributed by atoms with van der Waals surface area (Å²) in [4.78, 5) is 22.6. The Morgan fingerprint density at radius 3 is 1.00 bits per heavy atom. The molecular weight excluding hydrogens is 369 g/mol. The van der Waals surface area contributed by atoms with Gasteiger partial charge in [0.1, 0.15) is 0 Å². The summed E-state index contributed by atoms with van der Waals surface area (Å²) in [5.74, 6) is 0. The highest BCUT2D eigenvalue weighted by Gasteiger charge is 2.46. The van der Waals surface area contributed by atoms with E-state index in [1.807, 2.05) is 0 Å². The van der Waals surface area contributed by atoms with Gasteiger partial charge in [0.15, 0.2) is 0 Å². The molecule has 0 radical (unpaired) electrons. The maximum Gasteiger partial charge on any atom is 0.378 e. The molecule has 3 aromatic carbocycles. The summed E-state index contributed by atoms with van der Waals surface area (Å²) in [6.07, 6.45) is 0. The summed E-state index contributed by atoms with van der Waals surface area (Å²) in [6.45, 7) is -4.66. The van der Waals surface area contributed by atoms with E-state index in [-0.39, 0.29) is 0 Å². The summed E-state index contributed by atoms with van der Waals surface area (Å²) in [5.41, 5.74) is 18.9. The van der Waals surface area contributed by atoms with Crippen molar-refractivity contribution < 1.29 is 14.4 Å². The van der Waals surface area contributed by atoms with Crippen molar-refractivity contribution >= 4 is 33.5 Å². The Morgan fingerprint density at radius 2 is 0.808 bits per heavy atom. The molecule has 0 fully saturated rings. The average Bonchev–Trinajstić information content (AvgIpc) is 2.59. The van der Waals surface area contributed by atoms with Crippen molar-refractivity contribution in [1.82, 2.24) is 0 Å². The van der Waals surface area contributed by atoms with E-state index in [1.54, 1.807) is 72.8 Å². The predicted octanol–water partition coefficient (Wildman–Crippen LogP) is 3.81. The van der Waals surface area contributed by atoms with E-state index in [0.717, 1.165) is 0 Å². The zero-order valence-electron chi connectivity index (χ0n) is 13.8. The van der Waals surface area contributed by atoms with E-state index in [9.17, 15) is 14.4 Å². The molecule has 0 aromatic heterocycles. The monoisotopic (exact) mass is 389 g/mol. The van der Waals surface area contributed by atoms with E-state index in [2.05, 4.69) is 0 Å². The van der Waals surface area contributed by atoms with Gasteiger partial charge in [0, 0.05) is 31.7 Å². The Morgan fingerprint density at radius 1 is 0.577 bits per heavy atom. The summed E-state index contributed by atoms with van der Waals surface area (Å²) in [6, 6.07) is 19.8. The van der Waals surface area contributed by atoms with Gasteiger partial charge in [0.2, 0.25) is 0 Å². The Hall–Kier alpha value is -2.44. The normalized spacial score (nSPS) is 12.7. The molecule has 0 unspecified atom stereocenters. The second kappa shape index (κ2) is 6.70. The van der Waals surface area contributed by atoms with Crippen LogP contribution in [-0.2, 0) is 4.57 Å². The number of benzene rings is 3. The first-order valence-electron chi connectivity index (χ1n) is 7.71. The first-order valence-corrected chi connectivity index (χ1v) is 11.6. The number of anilines is 3. The van der Waals surface area contributed by atoms with Crippen molar-refractivity contribution in [3.63, 3.8) is 0 Å². The van der Waals surface area contributed by atoms with Crippen LogP contribution < -0.4 is 17.2 Å². The van der Waals surface area contributed by atoms with Gasteiger partial charge in [-0.15, -0.1) is 0 Å². The second-order valence-corrected chi connectivity index (χ2v) is 12.4. The fourth-order valence-electron chi connectivity index (χ4n) is 2.81. The van der Waals surface area contributed by atoms with Crippen LogP contribution in [0.3, 0.4) is 0 Å². The molecule has 0 amide bonds. The minimum absolute atomic E-state index is 0.509. The highest BCUT2D eigenvalue weighted by atomic mass is 32.8. The van der Waals surface area contributed by atoms with Crippen molar-refractivity contribution in [2.45, 2.75) is 14.7 Å². The van der Waals surface area contributed by atoms with Crippen molar-refractivity contribution in [2.24, 2.45) is 0 Å². The zero-order valence-corrected chi connectivity index (χ0v) is 15.5. The highest BCUT2D eigenvalue weighted by Crippen LogP contribution is 2.88. The summed E-state index contributed by atoms with van der Waals surface area (Å²) in [7, 11) is -2.90. The molecule has 8 N–H and O–H groups in total. The van der Waals surface area contributed by atoms with E-state index in [4.69, 9.17) is 17.2 Å². The molecule has 0 aliphatic heterocycles. The van der Waals surface area contributed by atoms with Crippen molar-refractivity contribution in [3.05, 3.63) is 72.8 Å². The van der Waals surface area contributed by atoms with E-state index >= 15 is 0 Å². The third kappa shape index (κ3) is 3.06. The summed E-state index contributed by atoms with van der Waals surface area (Å²) in [5, 5.41) is 0.